The van der Waals surface area contributed by atoms with Crippen LogP contribution in [0, 0.1) is 5.82 Å². The molecule has 0 saturated heterocycles. The molecule has 0 spiro atoms. The summed E-state index contributed by atoms with van der Waals surface area (Å²) in [6.45, 7) is 0.524. The lowest BCUT2D eigenvalue weighted by Gasteiger charge is -2.04. The van der Waals surface area contributed by atoms with Crippen LogP contribution in [-0.4, -0.2) is 16.5 Å². The van der Waals surface area contributed by atoms with Crippen molar-refractivity contribution in [3.05, 3.63) is 48.2 Å². The van der Waals surface area contributed by atoms with E-state index < -0.39 is 0 Å². The standard InChI is InChI=1S/C12H12FN3S/c13-10-7-9(3-4-14)1-2-11(10)17-12-8-15-5-6-16-12/h1-2,5-8H,3-4,14H2. The first-order valence-corrected chi connectivity index (χ1v) is 6.03. The average Bonchev–Trinajstić information content (AvgIpc) is 2.34. The number of benzene rings is 1. The van der Waals surface area contributed by atoms with Crippen LogP contribution in [0.3, 0.4) is 0 Å². The van der Waals surface area contributed by atoms with Crippen molar-refractivity contribution in [2.24, 2.45) is 5.73 Å². The normalized spacial score (nSPS) is 10.5. The minimum Gasteiger partial charge on any atom is -0.330 e. The first kappa shape index (κ1) is 12.0. The average molecular weight is 249 g/mol. The highest BCUT2D eigenvalue weighted by Crippen LogP contribution is 2.28. The van der Waals surface area contributed by atoms with E-state index in [-0.39, 0.29) is 5.82 Å². The molecule has 2 rings (SSSR count). The van der Waals surface area contributed by atoms with E-state index in [0.717, 1.165) is 5.56 Å². The number of aromatic nitrogens is 2. The molecule has 0 aliphatic rings. The van der Waals surface area contributed by atoms with Gasteiger partial charge in [0.05, 0.1) is 6.20 Å². The van der Waals surface area contributed by atoms with Crippen molar-refractivity contribution >= 4 is 11.8 Å². The van der Waals surface area contributed by atoms with Gasteiger partial charge in [0.25, 0.3) is 0 Å². The number of nitrogens with two attached hydrogens (primary N) is 1. The van der Waals surface area contributed by atoms with E-state index in [1.165, 1.54) is 17.8 Å². The van der Waals surface area contributed by atoms with Crippen LogP contribution in [0.5, 0.6) is 0 Å². The molecule has 2 aromatic rings. The molecule has 2 N–H and O–H groups in total. The maximum absolute atomic E-state index is 13.7. The van der Waals surface area contributed by atoms with Gasteiger partial charge >= 0.3 is 0 Å². The third-order valence-corrected chi connectivity index (χ3v) is 3.15. The summed E-state index contributed by atoms with van der Waals surface area (Å²) in [6.07, 6.45) is 5.47. The minimum absolute atomic E-state index is 0.244. The molecular formula is C12H12FN3S. The molecule has 3 nitrogen and oxygen atoms in total. The van der Waals surface area contributed by atoms with Gasteiger partial charge in [0.2, 0.25) is 0 Å². The lowest BCUT2D eigenvalue weighted by molar-refractivity contribution is 0.599. The molecule has 0 aliphatic carbocycles. The molecule has 0 bridgehead atoms. The maximum atomic E-state index is 13.7. The van der Waals surface area contributed by atoms with Crippen molar-refractivity contribution in [3.8, 4) is 0 Å². The van der Waals surface area contributed by atoms with Crippen molar-refractivity contribution in [2.75, 3.05) is 6.54 Å². The lowest BCUT2D eigenvalue weighted by atomic mass is 10.1. The van der Waals surface area contributed by atoms with Crippen LogP contribution in [0.2, 0.25) is 0 Å². The van der Waals surface area contributed by atoms with E-state index in [2.05, 4.69) is 9.97 Å². The summed E-state index contributed by atoms with van der Waals surface area (Å²) in [4.78, 5) is 8.57. The number of halogens is 1. The maximum Gasteiger partial charge on any atom is 0.137 e. The first-order chi connectivity index (χ1) is 8.29. The number of hydrogen-bond donors (Lipinski definition) is 1. The van der Waals surface area contributed by atoms with Crippen molar-refractivity contribution in [3.63, 3.8) is 0 Å². The van der Waals surface area contributed by atoms with E-state index in [9.17, 15) is 4.39 Å². The smallest absolute Gasteiger partial charge is 0.137 e. The molecule has 88 valence electrons. The molecule has 0 unspecified atom stereocenters. The Labute approximate surface area is 103 Å². The third kappa shape index (κ3) is 3.25. The Hall–Kier alpha value is -1.46. The summed E-state index contributed by atoms with van der Waals surface area (Å²) in [5.74, 6) is -0.244. The predicted octanol–water partition coefficient (Wildman–Crippen LogP) is 2.27. The van der Waals surface area contributed by atoms with Gasteiger partial charge in [-0.25, -0.2) is 9.37 Å². The Bertz CT molecular complexity index is 490. The van der Waals surface area contributed by atoms with Gasteiger partial charge in [-0.05, 0) is 30.7 Å². The monoisotopic (exact) mass is 249 g/mol. The Morgan fingerprint density at radius 3 is 2.82 bits per heavy atom. The second-order valence-corrected chi connectivity index (χ2v) is 4.51. The van der Waals surface area contributed by atoms with Crippen LogP contribution in [0.4, 0.5) is 4.39 Å². The second kappa shape index (κ2) is 5.75. The van der Waals surface area contributed by atoms with E-state index in [1.807, 2.05) is 6.07 Å². The number of rotatable bonds is 4. The first-order valence-electron chi connectivity index (χ1n) is 5.22. The molecule has 1 aromatic carbocycles. The van der Waals surface area contributed by atoms with Crippen LogP contribution in [0.25, 0.3) is 0 Å². The van der Waals surface area contributed by atoms with Gasteiger partial charge in [-0.1, -0.05) is 17.8 Å². The predicted molar refractivity (Wildman–Crippen MR) is 65.3 cm³/mol. The fraction of sp³-hybridized carbons (Fsp3) is 0.167. The summed E-state index contributed by atoms with van der Waals surface area (Å²) in [6, 6.07) is 5.15. The largest absolute Gasteiger partial charge is 0.330 e. The van der Waals surface area contributed by atoms with Gasteiger partial charge in [-0.3, -0.25) is 4.98 Å². The van der Waals surface area contributed by atoms with Crippen LogP contribution in [0.15, 0.2) is 46.7 Å². The molecule has 1 aromatic heterocycles. The Morgan fingerprint density at radius 1 is 1.29 bits per heavy atom. The highest BCUT2D eigenvalue weighted by molar-refractivity contribution is 7.99. The van der Waals surface area contributed by atoms with E-state index in [4.69, 9.17) is 5.73 Å². The molecule has 0 aliphatic heterocycles. The second-order valence-electron chi connectivity index (χ2n) is 3.45. The van der Waals surface area contributed by atoms with E-state index >= 15 is 0 Å². The molecule has 0 radical (unpaired) electrons. The minimum atomic E-state index is -0.244. The summed E-state index contributed by atoms with van der Waals surface area (Å²) >= 11 is 1.26. The lowest BCUT2D eigenvalue weighted by Crippen LogP contribution is -2.02. The van der Waals surface area contributed by atoms with E-state index in [1.54, 1.807) is 24.7 Å². The van der Waals surface area contributed by atoms with Gasteiger partial charge in [0.1, 0.15) is 10.8 Å². The quantitative estimate of drug-likeness (QED) is 0.903. The van der Waals surface area contributed by atoms with E-state index in [0.29, 0.717) is 22.9 Å². The highest BCUT2D eigenvalue weighted by atomic mass is 32.2. The molecule has 17 heavy (non-hydrogen) atoms. The van der Waals surface area contributed by atoms with Crippen LogP contribution in [0.1, 0.15) is 5.56 Å². The zero-order valence-electron chi connectivity index (χ0n) is 9.14. The summed E-state index contributed by atoms with van der Waals surface area (Å²) in [5, 5.41) is 0.679. The Balaban J connectivity index is 2.17. The molecule has 5 heteroatoms. The van der Waals surface area contributed by atoms with Crippen molar-refractivity contribution < 1.29 is 4.39 Å². The molecular weight excluding hydrogens is 237 g/mol. The van der Waals surface area contributed by atoms with Gasteiger partial charge in [-0.2, -0.15) is 0 Å². The van der Waals surface area contributed by atoms with Crippen molar-refractivity contribution in [1.29, 1.82) is 0 Å². The Kier molecular flexibility index (Phi) is 4.06. The van der Waals surface area contributed by atoms with Crippen molar-refractivity contribution in [2.45, 2.75) is 16.3 Å². The summed E-state index contributed by atoms with van der Waals surface area (Å²) in [5.41, 5.74) is 6.34. The SMILES string of the molecule is NCCc1ccc(Sc2cnccn2)c(F)c1. The Morgan fingerprint density at radius 2 is 2.18 bits per heavy atom. The number of nitrogens with zero attached hydrogens (tertiary/aromatic N) is 2. The zero-order valence-corrected chi connectivity index (χ0v) is 9.95. The highest BCUT2D eigenvalue weighted by Gasteiger charge is 2.06. The molecule has 1 heterocycles. The van der Waals surface area contributed by atoms with Gasteiger partial charge in [-0.15, -0.1) is 0 Å². The summed E-state index contributed by atoms with van der Waals surface area (Å²) < 4.78 is 13.7. The van der Waals surface area contributed by atoms with Crippen molar-refractivity contribution in [1.82, 2.24) is 9.97 Å². The molecule has 0 atom stereocenters. The third-order valence-electron chi connectivity index (χ3n) is 2.18. The molecule has 0 amide bonds. The summed E-state index contributed by atoms with van der Waals surface area (Å²) in [7, 11) is 0. The van der Waals surface area contributed by atoms with Crippen LogP contribution >= 0.6 is 11.8 Å². The van der Waals surface area contributed by atoms with Crippen LogP contribution in [-0.2, 0) is 6.42 Å². The molecule has 0 saturated carbocycles. The fourth-order valence-corrected chi connectivity index (χ4v) is 2.15. The van der Waals surface area contributed by atoms with Gasteiger partial charge in [0.15, 0.2) is 0 Å². The van der Waals surface area contributed by atoms with Gasteiger partial charge in [0, 0.05) is 17.3 Å². The fourth-order valence-electron chi connectivity index (χ4n) is 1.40. The van der Waals surface area contributed by atoms with Crippen LogP contribution < -0.4 is 5.73 Å². The zero-order chi connectivity index (χ0) is 12.1. The topological polar surface area (TPSA) is 51.8 Å². The molecule has 0 fully saturated rings. The van der Waals surface area contributed by atoms with Gasteiger partial charge < -0.3 is 5.73 Å². The number of hydrogen-bond acceptors (Lipinski definition) is 4.